The summed E-state index contributed by atoms with van der Waals surface area (Å²) >= 11 is 0. The maximum Gasteiger partial charge on any atom is 0.226 e. The van der Waals surface area contributed by atoms with Crippen LogP contribution in [0.4, 0.5) is 0 Å². The summed E-state index contributed by atoms with van der Waals surface area (Å²) in [5, 5.41) is 0. The van der Waals surface area contributed by atoms with E-state index in [1.165, 1.54) is 0 Å². The van der Waals surface area contributed by atoms with E-state index in [4.69, 9.17) is 9.47 Å². The summed E-state index contributed by atoms with van der Waals surface area (Å²) in [6, 6.07) is 0. The van der Waals surface area contributed by atoms with Crippen molar-refractivity contribution in [3.8, 4) is 0 Å². The molecule has 6 nitrogen and oxygen atoms in total. The molecule has 1 aliphatic carbocycles. The Kier molecular flexibility index (Phi) is 4.41. The Morgan fingerprint density at radius 2 is 1.77 bits per heavy atom. The molecule has 0 aromatic rings. The zero-order valence-corrected chi connectivity index (χ0v) is 13.5. The molecule has 6 heteroatoms. The topological polar surface area (TPSA) is 59.1 Å². The van der Waals surface area contributed by atoms with E-state index in [-0.39, 0.29) is 29.3 Å². The Morgan fingerprint density at radius 1 is 1.05 bits per heavy atom. The second kappa shape index (κ2) is 6.16. The highest BCUT2D eigenvalue weighted by atomic mass is 16.5. The van der Waals surface area contributed by atoms with Gasteiger partial charge >= 0.3 is 0 Å². The van der Waals surface area contributed by atoms with Gasteiger partial charge in [-0.25, -0.2) is 0 Å². The highest BCUT2D eigenvalue weighted by molar-refractivity contribution is 5.92. The number of hydrogen-bond donors (Lipinski definition) is 0. The largest absolute Gasteiger partial charge is 0.381 e. The average molecular weight is 310 g/mol. The molecular formula is C16H26N2O4. The van der Waals surface area contributed by atoms with Gasteiger partial charge in [-0.2, -0.15) is 0 Å². The summed E-state index contributed by atoms with van der Waals surface area (Å²) in [4.78, 5) is 28.0. The quantitative estimate of drug-likeness (QED) is 0.746. The maximum absolute atomic E-state index is 12.6. The molecule has 2 amide bonds. The first-order chi connectivity index (χ1) is 10.5. The molecule has 2 atom stereocenters. The van der Waals surface area contributed by atoms with Crippen molar-refractivity contribution < 1.29 is 19.1 Å². The summed E-state index contributed by atoms with van der Waals surface area (Å²) in [6.07, 6.45) is 3.41. The van der Waals surface area contributed by atoms with Crippen LogP contribution in [0.2, 0.25) is 0 Å². The molecule has 2 aliphatic heterocycles. The van der Waals surface area contributed by atoms with Gasteiger partial charge in [0.05, 0.1) is 24.0 Å². The molecule has 2 heterocycles. The predicted molar refractivity (Wildman–Crippen MR) is 80.2 cm³/mol. The van der Waals surface area contributed by atoms with E-state index in [0.29, 0.717) is 19.6 Å². The van der Waals surface area contributed by atoms with Crippen molar-refractivity contribution in [2.24, 2.45) is 11.8 Å². The van der Waals surface area contributed by atoms with Gasteiger partial charge < -0.3 is 19.3 Å². The van der Waals surface area contributed by atoms with E-state index in [0.717, 1.165) is 39.0 Å². The monoisotopic (exact) mass is 310 g/mol. The normalized spacial score (nSPS) is 30.7. The molecule has 0 aromatic carbocycles. The number of ether oxygens (including phenoxy) is 2. The van der Waals surface area contributed by atoms with Gasteiger partial charge in [0.15, 0.2) is 0 Å². The predicted octanol–water partition coefficient (Wildman–Crippen LogP) is 0.509. The van der Waals surface area contributed by atoms with Crippen LogP contribution in [-0.4, -0.2) is 74.2 Å². The third-order valence-corrected chi connectivity index (χ3v) is 5.19. The lowest BCUT2D eigenvalue weighted by atomic mass is 9.90. The van der Waals surface area contributed by atoms with E-state index in [1.807, 2.05) is 4.90 Å². The van der Waals surface area contributed by atoms with Crippen molar-refractivity contribution in [3.63, 3.8) is 0 Å². The van der Waals surface area contributed by atoms with Gasteiger partial charge in [-0.15, -0.1) is 0 Å². The maximum atomic E-state index is 12.6. The first-order valence-corrected chi connectivity index (χ1v) is 8.24. The number of rotatable bonds is 2. The zero-order valence-electron chi connectivity index (χ0n) is 13.5. The summed E-state index contributed by atoms with van der Waals surface area (Å²) in [6.45, 7) is 3.45. The first kappa shape index (κ1) is 15.7. The molecule has 124 valence electrons. The molecule has 22 heavy (non-hydrogen) atoms. The Hall–Kier alpha value is -1.14. The van der Waals surface area contributed by atoms with Crippen LogP contribution in [0.5, 0.6) is 0 Å². The lowest BCUT2D eigenvalue weighted by molar-refractivity contribution is -0.136. The van der Waals surface area contributed by atoms with Crippen molar-refractivity contribution in [2.75, 3.05) is 47.0 Å². The fourth-order valence-electron chi connectivity index (χ4n) is 3.56. The Morgan fingerprint density at radius 3 is 2.45 bits per heavy atom. The van der Waals surface area contributed by atoms with Crippen molar-refractivity contribution in [3.05, 3.63) is 0 Å². The van der Waals surface area contributed by atoms with Gasteiger partial charge in [0.2, 0.25) is 11.8 Å². The van der Waals surface area contributed by atoms with Crippen LogP contribution in [-0.2, 0) is 19.1 Å². The zero-order chi connectivity index (χ0) is 15.7. The number of hydrogen-bond acceptors (Lipinski definition) is 4. The van der Waals surface area contributed by atoms with Gasteiger partial charge in [0, 0.05) is 40.4 Å². The van der Waals surface area contributed by atoms with Crippen molar-refractivity contribution in [1.29, 1.82) is 0 Å². The van der Waals surface area contributed by atoms with Crippen LogP contribution < -0.4 is 0 Å². The Labute approximate surface area is 131 Å². The van der Waals surface area contributed by atoms with E-state index in [9.17, 15) is 9.59 Å². The van der Waals surface area contributed by atoms with Crippen LogP contribution in [0.1, 0.15) is 25.7 Å². The molecule has 3 rings (SSSR count). The fraction of sp³-hybridized carbons (Fsp3) is 0.875. The van der Waals surface area contributed by atoms with Gasteiger partial charge in [-0.3, -0.25) is 9.59 Å². The van der Waals surface area contributed by atoms with Crippen LogP contribution in [0.15, 0.2) is 0 Å². The minimum Gasteiger partial charge on any atom is -0.381 e. The molecule has 0 N–H and O–H groups in total. The van der Waals surface area contributed by atoms with E-state index < -0.39 is 0 Å². The summed E-state index contributed by atoms with van der Waals surface area (Å²) in [5.41, 5.74) is -0.101. The molecule has 1 spiro atoms. The number of nitrogens with zero attached hydrogens (tertiary/aromatic N) is 2. The average Bonchev–Trinajstić information content (AvgIpc) is 3.31. The van der Waals surface area contributed by atoms with E-state index >= 15 is 0 Å². The van der Waals surface area contributed by atoms with Gasteiger partial charge in [0.1, 0.15) is 0 Å². The van der Waals surface area contributed by atoms with Crippen molar-refractivity contribution in [1.82, 2.24) is 9.80 Å². The van der Waals surface area contributed by atoms with Crippen molar-refractivity contribution >= 4 is 11.8 Å². The smallest absolute Gasteiger partial charge is 0.226 e. The second-order valence-corrected chi connectivity index (χ2v) is 6.90. The van der Waals surface area contributed by atoms with Crippen LogP contribution >= 0.6 is 0 Å². The summed E-state index contributed by atoms with van der Waals surface area (Å²) in [5.74, 6) is -0.0133. The fourth-order valence-corrected chi connectivity index (χ4v) is 3.56. The van der Waals surface area contributed by atoms with Crippen LogP contribution in [0.25, 0.3) is 0 Å². The molecule has 3 fully saturated rings. The Bertz CT molecular complexity index is 445. The van der Waals surface area contributed by atoms with E-state index in [2.05, 4.69) is 0 Å². The molecule has 0 aromatic heterocycles. The lowest BCUT2D eigenvalue weighted by Gasteiger charge is -2.35. The molecule has 3 aliphatic rings. The first-order valence-electron chi connectivity index (χ1n) is 8.24. The minimum absolute atomic E-state index is 0.0744. The number of carbonyl (C=O) groups excluding carboxylic acids is 2. The van der Waals surface area contributed by atoms with Gasteiger partial charge in [-0.1, -0.05) is 0 Å². The highest BCUT2D eigenvalue weighted by Gasteiger charge is 2.50. The third-order valence-electron chi connectivity index (χ3n) is 5.19. The minimum atomic E-state index is -0.112. The highest BCUT2D eigenvalue weighted by Crippen LogP contribution is 2.41. The van der Waals surface area contributed by atoms with Crippen molar-refractivity contribution in [2.45, 2.75) is 31.3 Å². The van der Waals surface area contributed by atoms with E-state index in [1.54, 1.807) is 19.0 Å². The van der Waals surface area contributed by atoms with Crippen LogP contribution in [0.3, 0.4) is 0 Å². The second-order valence-electron chi connectivity index (χ2n) is 6.90. The standard InChI is InChI=1S/C16H26N2O4/c1-17(2)14(19)12-11-13(12)15(20)18-6-3-16(22-10-7-18)4-8-21-9-5-16/h12-13H,3-11H2,1-2H3/t12-,13+/m1/s1. The van der Waals surface area contributed by atoms with Crippen LogP contribution in [0, 0.1) is 11.8 Å². The molecule has 0 unspecified atom stereocenters. The number of carbonyl (C=O) groups is 2. The molecular weight excluding hydrogens is 284 g/mol. The van der Waals surface area contributed by atoms with Gasteiger partial charge in [-0.05, 0) is 25.7 Å². The third kappa shape index (κ3) is 3.13. The number of amides is 2. The summed E-state index contributed by atoms with van der Waals surface area (Å²) in [7, 11) is 3.49. The van der Waals surface area contributed by atoms with Gasteiger partial charge in [0.25, 0.3) is 0 Å². The molecule has 0 radical (unpaired) electrons. The summed E-state index contributed by atoms with van der Waals surface area (Å²) < 4.78 is 11.5. The lowest BCUT2D eigenvalue weighted by Crippen LogP contribution is -2.40. The molecule has 1 saturated carbocycles. The molecule has 0 bridgehead atoms. The molecule has 2 saturated heterocycles. The SMILES string of the molecule is CN(C)C(=O)[C@@H]1C[C@@H]1C(=O)N1CCOC2(CCOCC2)CC1. The Balaban J connectivity index is 1.55.